The van der Waals surface area contributed by atoms with E-state index in [1.807, 2.05) is 0 Å². The molecule has 9 heteroatoms. The predicted molar refractivity (Wildman–Crippen MR) is 88.5 cm³/mol. The van der Waals surface area contributed by atoms with Crippen LogP contribution in [-0.4, -0.2) is 37.2 Å². The summed E-state index contributed by atoms with van der Waals surface area (Å²) in [5.74, 6) is -0.165. The third-order valence-electron chi connectivity index (χ3n) is 2.96. The van der Waals surface area contributed by atoms with Gasteiger partial charge in [-0.05, 0) is 36.4 Å². The molecule has 3 N–H and O–H groups in total. The number of benzene rings is 1. The number of sulfonamides is 1. The third-order valence-corrected chi connectivity index (χ3v) is 5.03. The molecule has 0 aliphatic heterocycles. The SMILES string of the molecule is CN(CC(=O)Nc1ccc(N)nc1)S(=O)(=O)c1ccc(Cl)cc1. The molecule has 7 nitrogen and oxygen atoms in total. The Kier molecular flexibility index (Phi) is 5.19. The molecule has 1 heterocycles. The van der Waals surface area contributed by atoms with Crippen LogP contribution in [0.25, 0.3) is 0 Å². The summed E-state index contributed by atoms with van der Waals surface area (Å²) in [6, 6.07) is 8.83. The lowest BCUT2D eigenvalue weighted by molar-refractivity contribution is -0.116. The number of amides is 1. The predicted octanol–water partition coefficient (Wildman–Crippen LogP) is 1.58. The molecule has 0 unspecified atom stereocenters. The largest absolute Gasteiger partial charge is 0.384 e. The molecule has 0 aliphatic carbocycles. The lowest BCUT2D eigenvalue weighted by atomic mass is 10.4. The van der Waals surface area contributed by atoms with Crippen LogP contribution in [-0.2, 0) is 14.8 Å². The lowest BCUT2D eigenvalue weighted by Gasteiger charge is -2.17. The van der Waals surface area contributed by atoms with Crippen molar-refractivity contribution in [2.75, 3.05) is 24.6 Å². The zero-order valence-corrected chi connectivity index (χ0v) is 13.8. The van der Waals surface area contributed by atoms with Gasteiger partial charge in [-0.3, -0.25) is 4.79 Å². The normalized spacial score (nSPS) is 11.4. The number of halogens is 1. The van der Waals surface area contributed by atoms with E-state index in [1.165, 1.54) is 43.6 Å². The number of hydrogen-bond donors (Lipinski definition) is 2. The summed E-state index contributed by atoms with van der Waals surface area (Å²) >= 11 is 5.74. The molecule has 0 saturated carbocycles. The van der Waals surface area contributed by atoms with Gasteiger partial charge in [0.25, 0.3) is 0 Å². The highest BCUT2D eigenvalue weighted by molar-refractivity contribution is 7.89. The van der Waals surface area contributed by atoms with Crippen LogP contribution in [0.5, 0.6) is 0 Å². The van der Waals surface area contributed by atoms with Crippen molar-refractivity contribution in [3.8, 4) is 0 Å². The van der Waals surface area contributed by atoms with Crippen molar-refractivity contribution in [3.63, 3.8) is 0 Å². The number of nitrogens with zero attached hydrogens (tertiary/aromatic N) is 2. The van der Waals surface area contributed by atoms with E-state index in [4.69, 9.17) is 17.3 Å². The van der Waals surface area contributed by atoms with Gasteiger partial charge in [0, 0.05) is 12.1 Å². The van der Waals surface area contributed by atoms with Crippen molar-refractivity contribution in [2.24, 2.45) is 0 Å². The van der Waals surface area contributed by atoms with E-state index in [1.54, 1.807) is 6.07 Å². The number of carbonyl (C=O) groups excluding carboxylic acids is 1. The van der Waals surface area contributed by atoms with Crippen LogP contribution in [0, 0.1) is 0 Å². The van der Waals surface area contributed by atoms with Crippen molar-refractivity contribution in [1.82, 2.24) is 9.29 Å². The van der Waals surface area contributed by atoms with Crippen LogP contribution in [0.1, 0.15) is 0 Å². The zero-order valence-electron chi connectivity index (χ0n) is 12.2. The Labute approximate surface area is 139 Å². The van der Waals surface area contributed by atoms with Crippen LogP contribution in [0.4, 0.5) is 11.5 Å². The first-order valence-electron chi connectivity index (χ1n) is 6.52. The van der Waals surface area contributed by atoms with E-state index in [2.05, 4.69) is 10.3 Å². The summed E-state index contributed by atoms with van der Waals surface area (Å²) in [4.78, 5) is 15.8. The smallest absolute Gasteiger partial charge is 0.243 e. The van der Waals surface area contributed by atoms with E-state index >= 15 is 0 Å². The number of nitrogens with two attached hydrogens (primary N) is 1. The Morgan fingerprint density at radius 2 is 1.91 bits per heavy atom. The molecule has 0 fully saturated rings. The van der Waals surface area contributed by atoms with Crippen LogP contribution < -0.4 is 11.1 Å². The highest BCUT2D eigenvalue weighted by Crippen LogP contribution is 2.17. The molecule has 2 aromatic rings. The summed E-state index contributed by atoms with van der Waals surface area (Å²) in [6.45, 7) is -0.338. The van der Waals surface area contributed by atoms with Crippen LogP contribution in [0.3, 0.4) is 0 Å². The van der Waals surface area contributed by atoms with E-state index in [0.717, 1.165) is 4.31 Å². The van der Waals surface area contributed by atoms with Crippen molar-refractivity contribution in [2.45, 2.75) is 4.90 Å². The van der Waals surface area contributed by atoms with Crippen LogP contribution in [0.2, 0.25) is 5.02 Å². The molecule has 0 aliphatic rings. The molecular formula is C14H15ClN4O3S. The number of likely N-dealkylation sites (N-methyl/N-ethyl adjacent to an activating group) is 1. The Hall–Kier alpha value is -2.16. The van der Waals surface area contributed by atoms with Gasteiger partial charge in [0.2, 0.25) is 15.9 Å². The third kappa shape index (κ3) is 4.41. The maximum atomic E-state index is 12.4. The molecule has 0 atom stereocenters. The van der Waals surface area contributed by atoms with Gasteiger partial charge >= 0.3 is 0 Å². The van der Waals surface area contributed by atoms with Gasteiger partial charge in [0.05, 0.1) is 23.3 Å². The number of anilines is 2. The van der Waals surface area contributed by atoms with E-state index < -0.39 is 15.9 Å². The molecule has 122 valence electrons. The van der Waals surface area contributed by atoms with Gasteiger partial charge in [-0.1, -0.05) is 11.6 Å². The van der Waals surface area contributed by atoms with E-state index in [0.29, 0.717) is 16.5 Å². The molecule has 1 aromatic heterocycles. The van der Waals surface area contributed by atoms with Gasteiger partial charge < -0.3 is 11.1 Å². The fourth-order valence-corrected chi connectivity index (χ4v) is 3.01. The number of carbonyl (C=O) groups is 1. The number of aromatic nitrogens is 1. The second-order valence-electron chi connectivity index (χ2n) is 4.73. The van der Waals surface area contributed by atoms with Crippen molar-refractivity contribution in [1.29, 1.82) is 0 Å². The van der Waals surface area contributed by atoms with Gasteiger partial charge in [-0.15, -0.1) is 0 Å². The summed E-state index contributed by atoms with van der Waals surface area (Å²) in [5.41, 5.74) is 5.88. The number of nitrogen functional groups attached to an aromatic ring is 1. The molecule has 0 bridgehead atoms. The maximum absolute atomic E-state index is 12.4. The number of pyridine rings is 1. The number of hydrogen-bond acceptors (Lipinski definition) is 5. The molecule has 23 heavy (non-hydrogen) atoms. The quantitative estimate of drug-likeness (QED) is 0.848. The highest BCUT2D eigenvalue weighted by Gasteiger charge is 2.22. The second-order valence-corrected chi connectivity index (χ2v) is 7.22. The van der Waals surface area contributed by atoms with Crippen molar-refractivity contribution >= 4 is 39.0 Å². The molecule has 2 rings (SSSR count). The molecule has 0 spiro atoms. The molecule has 0 radical (unpaired) electrons. The Morgan fingerprint density at radius 1 is 1.26 bits per heavy atom. The molecule has 0 saturated heterocycles. The topological polar surface area (TPSA) is 105 Å². The monoisotopic (exact) mass is 354 g/mol. The summed E-state index contributed by atoms with van der Waals surface area (Å²) in [5, 5.41) is 2.98. The lowest BCUT2D eigenvalue weighted by Crippen LogP contribution is -2.34. The van der Waals surface area contributed by atoms with E-state index in [-0.39, 0.29) is 11.4 Å². The minimum absolute atomic E-state index is 0.0614. The van der Waals surface area contributed by atoms with Crippen molar-refractivity contribution < 1.29 is 13.2 Å². The fourth-order valence-electron chi connectivity index (χ4n) is 1.75. The Balaban J connectivity index is 2.05. The minimum atomic E-state index is -3.77. The Bertz CT molecular complexity index is 792. The highest BCUT2D eigenvalue weighted by atomic mass is 35.5. The van der Waals surface area contributed by atoms with Gasteiger partial charge in [-0.25, -0.2) is 13.4 Å². The molecule has 1 aromatic carbocycles. The van der Waals surface area contributed by atoms with Gasteiger partial charge in [0.1, 0.15) is 5.82 Å². The van der Waals surface area contributed by atoms with Gasteiger partial charge in [0.15, 0.2) is 0 Å². The summed E-state index contributed by atoms with van der Waals surface area (Å²) in [6.07, 6.45) is 1.39. The summed E-state index contributed by atoms with van der Waals surface area (Å²) < 4.78 is 25.7. The van der Waals surface area contributed by atoms with Crippen molar-refractivity contribution in [3.05, 3.63) is 47.6 Å². The first-order chi connectivity index (χ1) is 10.8. The van der Waals surface area contributed by atoms with Crippen LogP contribution in [0.15, 0.2) is 47.5 Å². The Morgan fingerprint density at radius 3 is 2.48 bits per heavy atom. The molecule has 1 amide bonds. The average molecular weight is 355 g/mol. The summed E-state index contributed by atoms with van der Waals surface area (Å²) in [7, 11) is -2.45. The fraction of sp³-hybridized carbons (Fsp3) is 0.143. The van der Waals surface area contributed by atoms with Gasteiger partial charge in [-0.2, -0.15) is 4.31 Å². The number of nitrogens with one attached hydrogen (secondary N) is 1. The minimum Gasteiger partial charge on any atom is -0.384 e. The first kappa shape index (κ1) is 17.2. The van der Waals surface area contributed by atoms with E-state index in [9.17, 15) is 13.2 Å². The van der Waals surface area contributed by atoms with Crippen LogP contribution >= 0.6 is 11.6 Å². The first-order valence-corrected chi connectivity index (χ1v) is 8.34. The average Bonchev–Trinajstić information content (AvgIpc) is 2.50. The standard InChI is InChI=1S/C14H15ClN4O3S/c1-19(23(21,22)12-5-2-10(15)3-6-12)9-14(20)18-11-4-7-13(16)17-8-11/h2-8H,9H2,1H3,(H2,16,17)(H,18,20). The zero-order chi connectivity index (χ0) is 17.0. The number of rotatable bonds is 5. The maximum Gasteiger partial charge on any atom is 0.243 e. The molecular weight excluding hydrogens is 340 g/mol. The second kappa shape index (κ2) is 6.95.